The summed E-state index contributed by atoms with van der Waals surface area (Å²) in [5.74, 6) is -0.451. The Morgan fingerprint density at radius 1 is 1.60 bits per heavy atom. The van der Waals surface area contributed by atoms with Crippen molar-refractivity contribution in [2.45, 2.75) is 6.92 Å². The molecule has 0 atom stereocenters. The van der Waals surface area contributed by atoms with Crippen molar-refractivity contribution in [3.63, 3.8) is 0 Å². The number of rotatable bonds is 2. The number of fused-ring (bicyclic) bond motifs is 1. The van der Waals surface area contributed by atoms with E-state index >= 15 is 0 Å². The molecule has 2 aromatic rings. The van der Waals surface area contributed by atoms with Gasteiger partial charge in [0.1, 0.15) is 0 Å². The van der Waals surface area contributed by atoms with Gasteiger partial charge in [0.15, 0.2) is 5.69 Å². The lowest BCUT2D eigenvalue weighted by atomic mass is 10.3. The zero-order chi connectivity index (χ0) is 10.8. The first-order valence-corrected chi connectivity index (χ1v) is 4.91. The molecule has 4 nitrogen and oxygen atoms in total. The normalized spacial score (nSPS) is 10.5. The minimum Gasteiger partial charge on any atom is -0.461 e. The van der Waals surface area contributed by atoms with Gasteiger partial charge in [0, 0.05) is 6.20 Å². The van der Waals surface area contributed by atoms with Crippen LogP contribution in [-0.2, 0) is 4.74 Å². The third kappa shape index (κ3) is 1.68. The Morgan fingerprint density at radius 3 is 3.13 bits per heavy atom. The Labute approximate surface area is 91.4 Å². The molecule has 0 aliphatic carbocycles. The lowest BCUT2D eigenvalue weighted by molar-refractivity contribution is 0.0522. The van der Waals surface area contributed by atoms with Crippen LogP contribution in [0.4, 0.5) is 0 Å². The number of carbonyl (C=O) groups is 1. The molecule has 0 bridgehead atoms. The summed E-state index contributed by atoms with van der Waals surface area (Å²) in [6.45, 7) is 2.07. The number of hydrogen-bond donors (Lipinski definition) is 0. The van der Waals surface area contributed by atoms with Gasteiger partial charge in [-0.25, -0.2) is 9.78 Å². The fraction of sp³-hybridized carbons (Fsp3) is 0.200. The first kappa shape index (κ1) is 9.98. The lowest BCUT2D eigenvalue weighted by Crippen LogP contribution is -2.05. The number of nitrogens with zero attached hydrogens (tertiary/aromatic N) is 2. The third-order valence-corrected chi connectivity index (χ3v) is 2.24. The van der Waals surface area contributed by atoms with E-state index in [9.17, 15) is 4.79 Å². The number of imidazole rings is 1. The number of halogens is 1. The summed E-state index contributed by atoms with van der Waals surface area (Å²) in [6, 6.07) is 5.40. The Balaban J connectivity index is 2.57. The number of pyridine rings is 1. The molecule has 2 heterocycles. The van der Waals surface area contributed by atoms with Crippen LogP contribution in [0.15, 0.2) is 24.4 Å². The van der Waals surface area contributed by atoms with E-state index in [2.05, 4.69) is 4.98 Å². The van der Waals surface area contributed by atoms with E-state index in [1.54, 1.807) is 23.6 Å². The SMILES string of the molecule is CCOC(=O)c1nc(Cl)n2ccccc12. The highest BCUT2D eigenvalue weighted by molar-refractivity contribution is 6.29. The lowest BCUT2D eigenvalue weighted by Gasteiger charge is -1.98. The van der Waals surface area contributed by atoms with Crippen molar-refractivity contribution in [3.05, 3.63) is 35.4 Å². The highest BCUT2D eigenvalue weighted by Crippen LogP contribution is 2.17. The van der Waals surface area contributed by atoms with Crippen molar-refractivity contribution in [1.29, 1.82) is 0 Å². The van der Waals surface area contributed by atoms with Crippen LogP contribution in [0.2, 0.25) is 5.28 Å². The van der Waals surface area contributed by atoms with Crippen LogP contribution in [0.5, 0.6) is 0 Å². The summed E-state index contributed by atoms with van der Waals surface area (Å²) in [5, 5.41) is 0.258. The fourth-order valence-corrected chi connectivity index (χ4v) is 1.58. The molecule has 0 radical (unpaired) electrons. The molecular formula is C10H9ClN2O2. The molecule has 0 aliphatic rings. The first-order valence-electron chi connectivity index (χ1n) is 4.53. The summed E-state index contributed by atoms with van der Waals surface area (Å²) in [5.41, 5.74) is 0.906. The van der Waals surface area contributed by atoms with Gasteiger partial charge < -0.3 is 4.74 Å². The predicted molar refractivity (Wildman–Crippen MR) is 56.2 cm³/mol. The van der Waals surface area contributed by atoms with Crippen molar-refractivity contribution in [3.8, 4) is 0 Å². The monoisotopic (exact) mass is 224 g/mol. The summed E-state index contributed by atoms with van der Waals surface area (Å²) in [4.78, 5) is 15.5. The van der Waals surface area contributed by atoms with Gasteiger partial charge in [-0.2, -0.15) is 0 Å². The van der Waals surface area contributed by atoms with Gasteiger partial charge in [0.05, 0.1) is 12.1 Å². The number of ether oxygens (including phenoxy) is 1. The topological polar surface area (TPSA) is 43.6 Å². The van der Waals surface area contributed by atoms with E-state index in [0.717, 1.165) is 0 Å². The van der Waals surface area contributed by atoms with Crippen LogP contribution < -0.4 is 0 Å². The average Bonchev–Trinajstić information content (AvgIpc) is 2.58. The molecule has 0 amide bonds. The van der Waals surface area contributed by atoms with Gasteiger partial charge in [-0.15, -0.1) is 0 Å². The summed E-state index contributed by atoms with van der Waals surface area (Å²) in [6.07, 6.45) is 1.74. The Hall–Kier alpha value is -1.55. The van der Waals surface area contributed by atoms with Crippen LogP contribution >= 0.6 is 11.6 Å². The van der Waals surface area contributed by atoms with Gasteiger partial charge in [-0.05, 0) is 30.7 Å². The van der Waals surface area contributed by atoms with Crippen molar-refractivity contribution in [2.75, 3.05) is 6.61 Å². The van der Waals surface area contributed by atoms with Crippen LogP contribution in [0.25, 0.3) is 5.52 Å². The summed E-state index contributed by atoms with van der Waals surface area (Å²) >= 11 is 5.87. The Kier molecular flexibility index (Phi) is 2.60. The van der Waals surface area contributed by atoms with Crippen molar-refractivity contribution in [2.24, 2.45) is 0 Å². The molecule has 0 aromatic carbocycles. The second-order valence-electron chi connectivity index (χ2n) is 2.91. The van der Waals surface area contributed by atoms with Crippen LogP contribution in [0, 0.1) is 0 Å². The first-order chi connectivity index (χ1) is 7.24. The van der Waals surface area contributed by atoms with Gasteiger partial charge in [-0.3, -0.25) is 4.40 Å². The minimum atomic E-state index is -0.451. The molecule has 0 unspecified atom stereocenters. The summed E-state index contributed by atoms with van der Waals surface area (Å²) in [7, 11) is 0. The van der Waals surface area contributed by atoms with Crippen molar-refractivity contribution >= 4 is 23.1 Å². The maximum atomic E-state index is 11.5. The fourth-order valence-electron chi connectivity index (χ4n) is 1.35. The second kappa shape index (κ2) is 3.90. The number of esters is 1. The van der Waals surface area contributed by atoms with Gasteiger partial charge >= 0.3 is 5.97 Å². The molecule has 2 aromatic heterocycles. The quantitative estimate of drug-likeness (QED) is 0.735. The average molecular weight is 225 g/mol. The van der Waals surface area contributed by atoms with Crippen LogP contribution in [0.1, 0.15) is 17.4 Å². The molecule has 0 N–H and O–H groups in total. The van der Waals surface area contributed by atoms with E-state index in [1.807, 2.05) is 12.1 Å². The largest absolute Gasteiger partial charge is 0.461 e. The minimum absolute atomic E-state index is 0.252. The van der Waals surface area contributed by atoms with Gasteiger partial charge in [0.25, 0.3) is 0 Å². The van der Waals surface area contributed by atoms with Gasteiger partial charge in [-0.1, -0.05) is 6.07 Å². The standard InChI is InChI=1S/C10H9ClN2O2/c1-2-15-9(14)8-7-5-3-4-6-13(7)10(11)12-8/h3-6H,2H2,1H3. The third-order valence-electron chi connectivity index (χ3n) is 1.97. The number of aromatic nitrogens is 2. The maximum absolute atomic E-state index is 11.5. The van der Waals surface area contributed by atoms with E-state index < -0.39 is 5.97 Å². The Bertz CT molecular complexity index is 507. The van der Waals surface area contributed by atoms with E-state index in [0.29, 0.717) is 12.1 Å². The highest BCUT2D eigenvalue weighted by atomic mass is 35.5. The van der Waals surface area contributed by atoms with Gasteiger partial charge in [0.2, 0.25) is 5.28 Å². The molecule has 15 heavy (non-hydrogen) atoms. The molecular weight excluding hydrogens is 216 g/mol. The number of hydrogen-bond acceptors (Lipinski definition) is 3. The summed E-state index contributed by atoms with van der Waals surface area (Å²) < 4.78 is 6.51. The molecule has 2 rings (SSSR count). The molecule has 0 saturated carbocycles. The zero-order valence-electron chi connectivity index (χ0n) is 8.11. The van der Waals surface area contributed by atoms with E-state index in [1.165, 1.54) is 0 Å². The predicted octanol–water partition coefficient (Wildman–Crippen LogP) is 2.16. The number of carbonyl (C=O) groups excluding carboxylic acids is 1. The molecule has 0 spiro atoms. The highest BCUT2D eigenvalue weighted by Gasteiger charge is 2.16. The van der Waals surface area contributed by atoms with Crippen molar-refractivity contribution < 1.29 is 9.53 Å². The second-order valence-corrected chi connectivity index (χ2v) is 3.24. The van der Waals surface area contributed by atoms with E-state index in [-0.39, 0.29) is 11.0 Å². The molecule has 0 saturated heterocycles. The molecule has 78 valence electrons. The smallest absolute Gasteiger partial charge is 0.359 e. The van der Waals surface area contributed by atoms with Crippen LogP contribution in [-0.4, -0.2) is 22.0 Å². The molecule has 5 heteroatoms. The molecule has 0 fully saturated rings. The van der Waals surface area contributed by atoms with E-state index in [4.69, 9.17) is 16.3 Å². The zero-order valence-corrected chi connectivity index (χ0v) is 8.86. The Morgan fingerprint density at radius 2 is 2.40 bits per heavy atom. The van der Waals surface area contributed by atoms with Crippen LogP contribution in [0.3, 0.4) is 0 Å². The maximum Gasteiger partial charge on any atom is 0.359 e. The molecule has 0 aliphatic heterocycles. The van der Waals surface area contributed by atoms with Crippen molar-refractivity contribution in [1.82, 2.24) is 9.38 Å².